The number of methoxy groups -OCH3 is 1. The van der Waals surface area contributed by atoms with Crippen molar-refractivity contribution < 1.29 is 19.1 Å². The van der Waals surface area contributed by atoms with E-state index in [1.54, 1.807) is 48.5 Å². The highest BCUT2D eigenvalue weighted by molar-refractivity contribution is 6.31. The molecule has 0 aliphatic rings. The molecule has 2 amide bonds. The van der Waals surface area contributed by atoms with Crippen LogP contribution in [0.3, 0.4) is 0 Å². The van der Waals surface area contributed by atoms with Gasteiger partial charge in [0.2, 0.25) is 0 Å². The van der Waals surface area contributed by atoms with E-state index in [0.717, 1.165) is 0 Å². The molecule has 6 nitrogen and oxygen atoms in total. The van der Waals surface area contributed by atoms with Crippen LogP contribution in [-0.4, -0.2) is 31.4 Å². The Hall–Kier alpha value is -2.86. The van der Waals surface area contributed by atoms with Crippen LogP contribution in [0.5, 0.6) is 0 Å². The number of anilines is 1. The molecule has 2 aromatic carbocycles. The van der Waals surface area contributed by atoms with Crippen LogP contribution in [0, 0.1) is 0 Å². The van der Waals surface area contributed by atoms with Crippen molar-refractivity contribution >= 4 is 35.1 Å². The van der Waals surface area contributed by atoms with E-state index in [-0.39, 0.29) is 30.7 Å². The van der Waals surface area contributed by atoms with E-state index in [2.05, 4.69) is 15.4 Å². The van der Waals surface area contributed by atoms with Crippen molar-refractivity contribution in [3.8, 4) is 0 Å². The first-order chi connectivity index (χ1) is 12.0. The lowest BCUT2D eigenvalue weighted by atomic mass is 10.1. The minimum Gasteiger partial charge on any atom is -0.469 e. The van der Waals surface area contributed by atoms with Crippen LogP contribution in [0.15, 0.2) is 48.5 Å². The van der Waals surface area contributed by atoms with Crippen LogP contribution in [-0.2, 0) is 9.53 Å². The van der Waals surface area contributed by atoms with Crippen molar-refractivity contribution in [2.24, 2.45) is 0 Å². The van der Waals surface area contributed by atoms with Crippen molar-refractivity contribution in [2.45, 2.75) is 6.42 Å². The van der Waals surface area contributed by atoms with Gasteiger partial charge in [0.15, 0.2) is 0 Å². The van der Waals surface area contributed by atoms with Crippen LogP contribution < -0.4 is 10.6 Å². The van der Waals surface area contributed by atoms with Gasteiger partial charge in [-0.15, -0.1) is 0 Å². The van der Waals surface area contributed by atoms with Crippen LogP contribution >= 0.6 is 11.6 Å². The number of ether oxygens (including phenoxy) is 1. The third-order valence-corrected chi connectivity index (χ3v) is 3.57. The number of esters is 1. The molecule has 0 radical (unpaired) electrons. The number of amides is 2. The van der Waals surface area contributed by atoms with Crippen LogP contribution in [0.1, 0.15) is 27.1 Å². The summed E-state index contributed by atoms with van der Waals surface area (Å²) in [7, 11) is 1.29. The van der Waals surface area contributed by atoms with E-state index in [1.165, 1.54) is 7.11 Å². The van der Waals surface area contributed by atoms with E-state index < -0.39 is 0 Å². The second kappa shape index (κ2) is 8.84. The predicted molar refractivity (Wildman–Crippen MR) is 94.8 cm³/mol. The van der Waals surface area contributed by atoms with E-state index in [9.17, 15) is 14.4 Å². The van der Waals surface area contributed by atoms with Gasteiger partial charge in [-0.25, -0.2) is 0 Å². The first-order valence-corrected chi connectivity index (χ1v) is 7.89. The lowest BCUT2D eigenvalue weighted by molar-refractivity contribution is -0.140. The van der Waals surface area contributed by atoms with Crippen molar-refractivity contribution in [1.29, 1.82) is 0 Å². The Balaban J connectivity index is 1.92. The lowest BCUT2D eigenvalue weighted by Crippen LogP contribution is -2.26. The van der Waals surface area contributed by atoms with E-state index in [0.29, 0.717) is 21.8 Å². The monoisotopic (exact) mass is 360 g/mol. The topological polar surface area (TPSA) is 84.5 Å². The highest BCUT2D eigenvalue weighted by atomic mass is 35.5. The number of nitrogens with one attached hydrogen (secondary N) is 2. The van der Waals surface area contributed by atoms with Crippen LogP contribution in [0.25, 0.3) is 0 Å². The summed E-state index contributed by atoms with van der Waals surface area (Å²) in [4.78, 5) is 35.1. The Morgan fingerprint density at radius 2 is 1.72 bits per heavy atom. The molecule has 0 aromatic heterocycles. The van der Waals surface area contributed by atoms with Crippen molar-refractivity contribution in [3.63, 3.8) is 0 Å². The molecule has 0 aliphatic carbocycles. The van der Waals surface area contributed by atoms with Gasteiger partial charge in [-0.1, -0.05) is 17.7 Å². The number of hydrogen-bond donors (Lipinski definition) is 2. The first-order valence-electron chi connectivity index (χ1n) is 7.51. The summed E-state index contributed by atoms with van der Waals surface area (Å²) in [5.74, 6) is -0.992. The maximum absolute atomic E-state index is 12.1. The molecule has 0 unspecified atom stereocenters. The summed E-state index contributed by atoms with van der Waals surface area (Å²) in [6.07, 6.45) is 0.107. The molecular weight excluding hydrogens is 344 g/mol. The highest BCUT2D eigenvalue weighted by Gasteiger charge is 2.09. The van der Waals surface area contributed by atoms with Crippen LogP contribution in [0.2, 0.25) is 5.02 Å². The molecule has 0 spiro atoms. The zero-order valence-electron chi connectivity index (χ0n) is 13.5. The van der Waals surface area contributed by atoms with Gasteiger partial charge in [0.05, 0.1) is 13.5 Å². The predicted octanol–water partition coefficient (Wildman–Crippen LogP) is 2.89. The van der Waals surface area contributed by atoms with Gasteiger partial charge in [-0.05, 0) is 42.5 Å². The minimum atomic E-state index is -0.389. The number of halogens is 1. The van der Waals surface area contributed by atoms with Gasteiger partial charge < -0.3 is 15.4 Å². The lowest BCUT2D eigenvalue weighted by Gasteiger charge is -2.08. The SMILES string of the molecule is COC(=O)CCNC(=O)c1ccc(NC(=O)c2cccc(Cl)c2)cc1. The summed E-state index contributed by atoms with van der Waals surface area (Å²) in [5, 5.41) is 5.82. The molecule has 0 saturated heterocycles. The van der Waals surface area contributed by atoms with Crippen molar-refractivity contribution in [3.05, 3.63) is 64.7 Å². The molecule has 25 heavy (non-hydrogen) atoms. The molecule has 0 atom stereocenters. The van der Waals surface area contributed by atoms with E-state index >= 15 is 0 Å². The van der Waals surface area contributed by atoms with Gasteiger partial charge >= 0.3 is 5.97 Å². The average molecular weight is 361 g/mol. The molecule has 7 heteroatoms. The maximum atomic E-state index is 12.1. The second-order valence-electron chi connectivity index (χ2n) is 5.12. The molecule has 130 valence electrons. The number of carbonyl (C=O) groups excluding carboxylic acids is 3. The summed E-state index contributed by atoms with van der Waals surface area (Å²) in [6, 6.07) is 13.0. The third-order valence-electron chi connectivity index (χ3n) is 3.33. The molecule has 0 fully saturated rings. The zero-order chi connectivity index (χ0) is 18.2. The standard InChI is InChI=1S/C18H17ClN2O4/c1-25-16(22)9-10-20-17(23)12-5-7-15(8-6-12)21-18(24)13-3-2-4-14(19)11-13/h2-8,11H,9-10H2,1H3,(H,20,23)(H,21,24). The Morgan fingerprint density at radius 3 is 2.36 bits per heavy atom. The third kappa shape index (κ3) is 5.61. The fourth-order valence-corrected chi connectivity index (χ4v) is 2.21. The van der Waals surface area contributed by atoms with Gasteiger partial charge in [0.1, 0.15) is 0 Å². The molecule has 0 saturated carbocycles. The number of benzene rings is 2. The molecule has 2 N–H and O–H groups in total. The molecule has 0 bridgehead atoms. The number of rotatable bonds is 6. The Labute approximate surface area is 150 Å². The number of carbonyl (C=O) groups is 3. The normalized spacial score (nSPS) is 10.0. The van der Waals surface area contributed by atoms with Crippen molar-refractivity contribution in [1.82, 2.24) is 5.32 Å². The molecule has 2 rings (SSSR count). The fraction of sp³-hybridized carbons (Fsp3) is 0.167. The zero-order valence-corrected chi connectivity index (χ0v) is 14.3. The summed E-state index contributed by atoms with van der Waals surface area (Å²) in [5.41, 5.74) is 1.42. The summed E-state index contributed by atoms with van der Waals surface area (Å²) < 4.78 is 4.50. The highest BCUT2D eigenvalue weighted by Crippen LogP contribution is 2.14. The van der Waals surface area contributed by atoms with E-state index in [4.69, 9.17) is 11.6 Å². The van der Waals surface area contributed by atoms with Crippen LogP contribution in [0.4, 0.5) is 5.69 Å². The Kier molecular flexibility index (Phi) is 6.54. The molecular formula is C18H17ClN2O4. The molecule has 0 heterocycles. The van der Waals surface area contributed by atoms with Gasteiger partial charge in [-0.2, -0.15) is 0 Å². The van der Waals surface area contributed by atoms with Gasteiger partial charge in [0, 0.05) is 28.4 Å². The van der Waals surface area contributed by atoms with Crippen molar-refractivity contribution in [2.75, 3.05) is 19.0 Å². The smallest absolute Gasteiger partial charge is 0.307 e. The summed E-state index contributed by atoms with van der Waals surface area (Å²) in [6.45, 7) is 0.193. The minimum absolute atomic E-state index is 0.107. The Bertz CT molecular complexity index is 775. The largest absolute Gasteiger partial charge is 0.469 e. The van der Waals surface area contributed by atoms with E-state index in [1.807, 2.05) is 0 Å². The number of hydrogen-bond acceptors (Lipinski definition) is 4. The quantitative estimate of drug-likeness (QED) is 0.776. The maximum Gasteiger partial charge on any atom is 0.307 e. The first kappa shape index (κ1) is 18.5. The second-order valence-corrected chi connectivity index (χ2v) is 5.56. The molecule has 2 aromatic rings. The summed E-state index contributed by atoms with van der Waals surface area (Å²) >= 11 is 5.86. The molecule has 0 aliphatic heterocycles. The fourth-order valence-electron chi connectivity index (χ4n) is 2.02. The average Bonchev–Trinajstić information content (AvgIpc) is 2.62. The van der Waals surface area contributed by atoms with Gasteiger partial charge in [0.25, 0.3) is 11.8 Å². The van der Waals surface area contributed by atoms with Gasteiger partial charge in [-0.3, -0.25) is 14.4 Å². The Morgan fingerprint density at radius 1 is 1.00 bits per heavy atom.